The Morgan fingerprint density at radius 3 is 2.60 bits per heavy atom. The molecule has 6 nitrogen and oxygen atoms in total. The van der Waals surface area contributed by atoms with Crippen LogP contribution in [-0.4, -0.2) is 32.4 Å². The molecule has 0 aliphatic rings. The number of hydrogen-bond acceptors (Lipinski definition) is 4. The third kappa shape index (κ3) is 2.82. The van der Waals surface area contributed by atoms with Crippen LogP contribution in [0.15, 0.2) is 65.5 Å². The van der Waals surface area contributed by atoms with Gasteiger partial charge in [0.05, 0.1) is 17.8 Å². The number of nitrogens with one attached hydrogen (secondary N) is 1. The van der Waals surface area contributed by atoms with Gasteiger partial charge >= 0.3 is 5.69 Å². The number of benzene rings is 2. The highest BCUT2D eigenvalue weighted by atomic mass is 16.3. The molecular formula is C19H18N4O2. The Kier molecular flexibility index (Phi) is 4.05. The summed E-state index contributed by atoms with van der Waals surface area (Å²) in [7, 11) is 0. The van der Waals surface area contributed by atoms with Gasteiger partial charge in [0.15, 0.2) is 5.65 Å². The van der Waals surface area contributed by atoms with Crippen molar-refractivity contribution in [2.24, 2.45) is 0 Å². The van der Waals surface area contributed by atoms with Crippen LogP contribution in [0.1, 0.15) is 5.56 Å². The first-order valence-corrected chi connectivity index (χ1v) is 8.18. The maximum atomic E-state index is 12.9. The summed E-state index contributed by atoms with van der Waals surface area (Å²) < 4.78 is 3.05. The van der Waals surface area contributed by atoms with Crippen molar-refractivity contribution in [3.05, 3.63) is 76.7 Å². The van der Waals surface area contributed by atoms with E-state index < -0.39 is 0 Å². The molecule has 0 aliphatic carbocycles. The molecule has 6 heteroatoms. The van der Waals surface area contributed by atoms with Crippen LogP contribution in [0.5, 0.6) is 0 Å². The average Bonchev–Trinajstić information content (AvgIpc) is 3.00. The molecule has 0 unspecified atom stereocenters. The second kappa shape index (κ2) is 6.51. The van der Waals surface area contributed by atoms with Crippen LogP contribution in [-0.2, 0) is 6.54 Å². The largest absolute Gasteiger partial charge is 0.395 e. The van der Waals surface area contributed by atoms with E-state index in [0.29, 0.717) is 18.7 Å². The van der Waals surface area contributed by atoms with Crippen LogP contribution in [0.25, 0.3) is 22.2 Å². The summed E-state index contributed by atoms with van der Waals surface area (Å²) in [5, 5.41) is 17.4. The van der Waals surface area contributed by atoms with E-state index in [9.17, 15) is 4.79 Å². The molecule has 0 amide bonds. The summed E-state index contributed by atoms with van der Waals surface area (Å²) in [5.74, 6) is 0. The van der Waals surface area contributed by atoms with E-state index in [2.05, 4.69) is 10.4 Å². The van der Waals surface area contributed by atoms with Crippen LogP contribution < -0.4 is 11.0 Å². The minimum absolute atomic E-state index is 0.114. The molecule has 126 valence electrons. The van der Waals surface area contributed by atoms with Crippen molar-refractivity contribution in [2.45, 2.75) is 6.54 Å². The molecule has 4 aromatic rings. The molecule has 0 bridgehead atoms. The number of fused-ring (bicyclic) bond motifs is 3. The van der Waals surface area contributed by atoms with Gasteiger partial charge in [0.1, 0.15) is 0 Å². The third-order valence-corrected chi connectivity index (χ3v) is 4.19. The zero-order valence-corrected chi connectivity index (χ0v) is 13.6. The van der Waals surface area contributed by atoms with Gasteiger partial charge in [-0.25, -0.2) is 9.20 Å². The number of aromatic nitrogens is 3. The van der Waals surface area contributed by atoms with Crippen LogP contribution in [0.3, 0.4) is 0 Å². The molecule has 0 aliphatic heterocycles. The van der Waals surface area contributed by atoms with Gasteiger partial charge in [-0.2, -0.15) is 4.68 Å². The monoisotopic (exact) mass is 334 g/mol. The van der Waals surface area contributed by atoms with Crippen molar-refractivity contribution in [1.82, 2.24) is 19.5 Å². The summed E-state index contributed by atoms with van der Waals surface area (Å²) in [6.07, 6.45) is 0. The highest BCUT2D eigenvalue weighted by Gasteiger charge is 2.11. The number of hydrogen-bond donors (Lipinski definition) is 2. The molecule has 25 heavy (non-hydrogen) atoms. The number of aliphatic hydroxyl groups is 1. The quantitative estimate of drug-likeness (QED) is 0.545. The van der Waals surface area contributed by atoms with Gasteiger partial charge in [0, 0.05) is 13.1 Å². The van der Waals surface area contributed by atoms with E-state index in [0.717, 1.165) is 22.2 Å². The fourth-order valence-electron chi connectivity index (χ4n) is 2.95. The Morgan fingerprint density at radius 2 is 1.80 bits per heavy atom. The van der Waals surface area contributed by atoms with Gasteiger partial charge in [0.2, 0.25) is 0 Å². The molecule has 2 N–H and O–H groups in total. The normalized spacial score (nSPS) is 11.4. The Morgan fingerprint density at radius 1 is 1.00 bits per heavy atom. The molecule has 0 saturated heterocycles. The molecule has 2 heterocycles. The lowest BCUT2D eigenvalue weighted by atomic mass is 10.2. The fraction of sp³-hybridized carbons (Fsp3) is 0.158. The number of pyridine rings is 1. The highest BCUT2D eigenvalue weighted by molar-refractivity contribution is 5.81. The topological polar surface area (TPSA) is 71.6 Å². The Balaban J connectivity index is 1.75. The van der Waals surface area contributed by atoms with Gasteiger partial charge in [0.25, 0.3) is 0 Å². The minimum atomic E-state index is -0.182. The summed E-state index contributed by atoms with van der Waals surface area (Å²) in [6.45, 7) is 1.34. The predicted molar refractivity (Wildman–Crippen MR) is 97.1 cm³/mol. The first-order valence-electron chi connectivity index (χ1n) is 8.18. The van der Waals surface area contributed by atoms with Crippen LogP contribution in [0.4, 0.5) is 0 Å². The smallest absolute Gasteiger partial charge is 0.355 e. The van der Waals surface area contributed by atoms with Crippen molar-refractivity contribution >= 4 is 16.6 Å². The second-order valence-corrected chi connectivity index (χ2v) is 5.85. The van der Waals surface area contributed by atoms with E-state index >= 15 is 0 Å². The summed E-state index contributed by atoms with van der Waals surface area (Å²) >= 11 is 0. The Labute approximate surface area is 144 Å². The Hall–Kier alpha value is -2.96. The zero-order valence-electron chi connectivity index (χ0n) is 13.6. The maximum Gasteiger partial charge on any atom is 0.355 e. The Bertz CT molecular complexity index is 1080. The third-order valence-electron chi connectivity index (χ3n) is 4.19. The van der Waals surface area contributed by atoms with Crippen molar-refractivity contribution in [3.63, 3.8) is 0 Å². The van der Waals surface area contributed by atoms with Crippen LogP contribution >= 0.6 is 0 Å². The van der Waals surface area contributed by atoms with E-state index in [1.807, 2.05) is 60.7 Å². The average molecular weight is 334 g/mol. The minimum Gasteiger partial charge on any atom is -0.395 e. The van der Waals surface area contributed by atoms with Gasteiger partial charge in [-0.05, 0) is 41.3 Å². The number of nitrogens with zero attached hydrogens (tertiary/aromatic N) is 3. The van der Waals surface area contributed by atoms with Gasteiger partial charge in [-0.1, -0.05) is 30.3 Å². The lowest BCUT2D eigenvalue weighted by molar-refractivity contribution is 0.292. The first kappa shape index (κ1) is 15.6. The van der Waals surface area contributed by atoms with Gasteiger partial charge in [-0.15, -0.1) is 5.10 Å². The van der Waals surface area contributed by atoms with Crippen molar-refractivity contribution < 1.29 is 5.11 Å². The van der Waals surface area contributed by atoms with Crippen molar-refractivity contribution in [3.8, 4) is 5.69 Å². The second-order valence-electron chi connectivity index (χ2n) is 5.85. The molecular weight excluding hydrogens is 316 g/mol. The summed E-state index contributed by atoms with van der Waals surface area (Å²) in [5.41, 5.74) is 3.10. The van der Waals surface area contributed by atoms with E-state index in [4.69, 9.17) is 5.11 Å². The summed E-state index contributed by atoms with van der Waals surface area (Å²) in [4.78, 5) is 12.9. The summed E-state index contributed by atoms with van der Waals surface area (Å²) in [6, 6.07) is 19.3. The molecule has 0 fully saturated rings. The van der Waals surface area contributed by atoms with Crippen molar-refractivity contribution in [1.29, 1.82) is 0 Å². The molecule has 2 aromatic heterocycles. The van der Waals surface area contributed by atoms with E-state index in [-0.39, 0.29) is 12.3 Å². The number of aliphatic hydroxyl groups excluding tert-OH is 1. The molecule has 0 atom stereocenters. The standard InChI is InChI=1S/C19H18N4O2/c24-12-11-20-13-14-5-8-16(9-6-14)23-19(25)22-17-4-2-1-3-15(17)7-10-18(22)21-23/h1-10,20,24H,11-13H2. The lowest BCUT2D eigenvalue weighted by Crippen LogP contribution is -2.20. The van der Waals surface area contributed by atoms with Gasteiger partial charge < -0.3 is 10.4 Å². The molecule has 2 aromatic carbocycles. The van der Waals surface area contributed by atoms with E-state index in [1.54, 1.807) is 4.40 Å². The maximum absolute atomic E-state index is 12.9. The predicted octanol–water partition coefficient (Wildman–Crippen LogP) is 1.72. The van der Waals surface area contributed by atoms with E-state index in [1.165, 1.54) is 4.68 Å². The molecule has 0 spiro atoms. The molecule has 0 radical (unpaired) electrons. The number of rotatable bonds is 5. The number of para-hydroxylation sites is 1. The zero-order chi connectivity index (χ0) is 17.2. The molecule has 0 saturated carbocycles. The van der Waals surface area contributed by atoms with Crippen LogP contribution in [0.2, 0.25) is 0 Å². The van der Waals surface area contributed by atoms with Gasteiger partial charge in [-0.3, -0.25) is 0 Å². The van der Waals surface area contributed by atoms with Crippen molar-refractivity contribution in [2.75, 3.05) is 13.2 Å². The highest BCUT2D eigenvalue weighted by Crippen LogP contribution is 2.15. The molecule has 4 rings (SSSR count). The fourth-order valence-corrected chi connectivity index (χ4v) is 2.95. The van der Waals surface area contributed by atoms with Crippen LogP contribution in [0, 0.1) is 0 Å². The SMILES string of the molecule is O=c1n(-c2ccc(CNCCO)cc2)nc2ccc3ccccc3n12. The lowest BCUT2D eigenvalue weighted by Gasteiger charge is -2.04. The first-order chi connectivity index (χ1) is 12.3.